The van der Waals surface area contributed by atoms with Gasteiger partial charge < -0.3 is 10.4 Å². The van der Waals surface area contributed by atoms with Crippen LogP contribution in [-0.4, -0.2) is 32.8 Å². The average Bonchev–Trinajstić information content (AvgIpc) is 3.14. The van der Waals surface area contributed by atoms with E-state index in [0.717, 1.165) is 18.5 Å². The molecule has 128 valence electrons. The van der Waals surface area contributed by atoms with Crippen LogP contribution in [0.25, 0.3) is 0 Å². The standard InChI is InChI=1S/C17H27N3O3/c1-10(2)8-13(16(22)23)18-15(21)12-9-14(11-6-7-11)20(19-12)17(3,4)5/h9-11,13H,6-8H2,1-5H3,(H,18,21)(H,22,23)/t13-/m1/s1. The van der Waals surface area contributed by atoms with Gasteiger partial charge in [-0.05, 0) is 52.0 Å². The maximum absolute atomic E-state index is 12.4. The number of nitrogens with zero attached hydrogens (tertiary/aromatic N) is 2. The molecular weight excluding hydrogens is 294 g/mol. The van der Waals surface area contributed by atoms with Crippen molar-refractivity contribution in [3.05, 3.63) is 17.5 Å². The predicted molar refractivity (Wildman–Crippen MR) is 87.5 cm³/mol. The first-order valence-electron chi connectivity index (χ1n) is 8.23. The SMILES string of the molecule is CC(C)C[C@@H](NC(=O)c1cc(C2CC2)n(C(C)(C)C)n1)C(=O)O. The molecule has 1 aliphatic rings. The molecule has 0 saturated heterocycles. The molecule has 0 unspecified atom stereocenters. The molecule has 0 spiro atoms. The molecule has 1 saturated carbocycles. The zero-order valence-electron chi connectivity index (χ0n) is 14.6. The Morgan fingerprint density at radius 3 is 2.43 bits per heavy atom. The zero-order chi connectivity index (χ0) is 17.4. The molecule has 2 N–H and O–H groups in total. The summed E-state index contributed by atoms with van der Waals surface area (Å²) in [5.74, 6) is -0.771. The van der Waals surface area contributed by atoms with Crippen molar-refractivity contribution in [2.24, 2.45) is 5.92 Å². The smallest absolute Gasteiger partial charge is 0.326 e. The monoisotopic (exact) mass is 321 g/mol. The van der Waals surface area contributed by atoms with Crippen molar-refractivity contribution >= 4 is 11.9 Å². The van der Waals surface area contributed by atoms with E-state index in [1.54, 1.807) is 0 Å². The van der Waals surface area contributed by atoms with E-state index in [-0.39, 0.29) is 11.5 Å². The van der Waals surface area contributed by atoms with Gasteiger partial charge in [0, 0.05) is 11.6 Å². The van der Waals surface area contributed by atoms with Crippen molar-refractivity contribution in [3.63, 3.8) is 0 Å². The molecule has 0 aliphatic heterocycles. The number of carbonyl (C=O) groups excluding carboxylic acids is 1. The molecule has 0 aromatic carbocycles. The Morgan fingerprint density at radius 2 is 2.00 bits per heavy atom. The van der Waals surface area contributed by atoms with E-state index in [1.165, 1.54) is 0 Å². The highest BCUT2D eigenvalue weighted by Gasteiger charge is 2.33. The van der Waals surface area contributed by atoms with Crippen molar-refractivity contribution in [1.82, 2.24) is 15.1 Å². The number of aromatic nitrogens is 2. The second-order valence-electron chi connectivity index (χ2n) is 7.81. The van der Waals surface area contributed by atoms with Crippen LogP contribution in [0.5, 0.6) is 0 Å². The van der Waals surface area contributed by atoms with Crippen LogP contribution in [0.4, 0.5) is 0 Å². The Kier molecular flexibility index (Phi) is 4.82. The highest BCUT2D eigenvalue weighted by atomic mass is 16.4. The Labute approximate surface area is 137 Å². The molecule has 0 bridgehead atoms. The van der Waals surface area contributed by atoms with Crippen LogP contribution in [0, 0.1) is 5.92 Å². The molecule has 1 aromatic heterocycles. The van der Waals surface area contributed by atoms with E-state index in [1.807, 2.05) is 45.4 Å². The molecular formula is C17H27N3O3. The van der Waals surface area contributed by atoms with Crippen LogP contribution in [0.15, 0.2) is 6.07 Å². The number of carboxylic acids is 1. The molecule has 1 aliphatic carbocycles. The number of carbonyl (C=O) groups is 2. The first kappa shape index (κ1) is 17.5. The molecule has 6 heteroatoms. The van der Waals surface area contributed by atoms with Crippen LogP contribution >= 0.6 is 0 Å². The highest BCUT2D eigenvalue weighted by Crippen LogP contribution is 2.41. The van der Waals surface area contributed by atoms with Gasteiger partial charge in [-0.2, -0.15) is 5.10 Å². The fourth-order valence-corrected chi connectivity index (χ4v) is 2.64. The minimum absolute atomic E-state index is 0.186. The second-order valence-corrected chi connectivity index (χ2v) is 7.81. The molecule has 0 radical (unpaired) electrons. The maximum Gasteiger partial charge on any atom is 0.326 e. The minimum atomic E-state index is -1.01. The van der Waals surface area contributed by atoms with Crippen LogP contribution in [-0.2, 0) is 10.3 Å². The molecule has 1 heterocycles. The van der Waals surface area contributed by atoms with Gasteiger partial charge in [0.1, 0.15) is 11.7 Å². The van der Waals surface area contributed by atoms with Gasteiger partial charge in [-0.15, -0.1) is 0 Å². The van der Waals surface area contributed by atoms with Gasteiger partial charge >= 0.3 is 5.97 Å². The number of hydrogen-bond donors (Lipinski definition) is 2. The van der Waals surface area contributed by atoms with Crippen molar-refractivity contribution in [3.8, 4) is 0 Å². The van der Waals surface area contributed by atoms with E-state index >= 15 is 0 Å². The lowest BCUT2D eigenvalue weighted by Gasteiger charge is -2.22. The molecule has 1 atom stereocenters. The summed E-state index contributed by atoms with van der Waals surface area (Å²) in [5, 5.41) is 16.3. The van der Waals surface area contributed by atoms with Crippen molar-refractivity contribution in [1.29, 1.82) is 0 Å². The van der Waals surface area contributed by atoms with Crippen LogP contribution in [0.3, 0.4) is 0 Å². The topological polar surface area (TPSA) is 84.2 Å². The van der Waals surface area contributed by atoms with Gasteiger partial charge in [0.15, 0.2) is 0 Å². The van der Waals surface area contributed by atoms with Crippen LogP contribution < -0.4 is 5.32 Å². The summed E-state index contributed by atoms with van der Waals surface area (Å²) in [6.07, 6.45) is 2.64. The van der Waals surface area contributed by atoms with Crippen molar-refractivity contribution < 1.29 is 14.7 Å². The van der Waals surface area contributed by atoms with Gasteiger partial charge in [0.05, 0.1) is 5.54 Å². The summed E-state index contributed by atoms with van der Waals surface area (Å²) in [6, 6.07) is 0.929. The lowest BCUT2D eigenvalue weighted by molar-refractivity contribution is -0.139. The number of aliphatic carboxylic acids is 1. The second kappa shape index (κ2) is 6.34. The molecule has 1 fully saturated rings. The summed E-state index contributed by atoms with van der Waals surface area (Å²) >= 11 is 0. The van der Waals surface area contributed by atoms with Gasteiger partial charge in [0.25, 0.3) is 5.91 Å². The first-order valence-corrected chi connectivity index (χ1v) is 8.23. The summed E-state index contributed by atoms with van der Waals surface area (Å²) in [7, 11) is 0. The van der Waals surface area contributed by atoms with Crippen LogP contribution in [0.2, 0.25) is 0 Å². The van der Waals surface area contributed by atoms with Crippen molar-refractivity contribution in [2.75, 3.05) is 0 Å². The minimum Gasteiger partial charge on any atom is -0.480 e. The lowest BCUT2D eigenvalue weighted by atomic mass is 10.0. The fraction of sp³-hybridized carbons (Fsp3) is 0.706. The Balaban J connectivity index is 2.20. The molecule has 23 heavy (non-hydrogen) atoms. The van der Waals surface area contributed by atoms with Gasteiger partial charge in [-0.25, -0.2) is 4.79 Å². The Bertz CT molecular complexity index is 595. The normalized spacial score (nSPS) is 16.4. The van der Waals surface area contributed by atoms with E-state index in [0.29, 0.717) is 18.0 Å². The number of hydrogen-bond acceptors (Lipinski definition) is 3. The molecule has 1 aromatic rings. The van der Waals surface area contributed by atoms with Gasteiger partial charge in [-0.1, -0.05) is 13.8 Å². The van der Waals surface area contributed by atoms with Crippen molar-refractivity contribution in [2.45, 2.75) is 71.4 Å². The third-order valence-corrected chi connectivity index (χ3v) is 3.91. The number of carboxylic acid groups (broad SMARTS) is 1. The number of nitrogens with one attached hydrogen (secondary N) is 1. The predicted octanol–water partition coefficient (Wildman–Crippen LogP) is 2.74. The van der Waals surface area contributed by atoms with E-state index in [4.69, 9.17) is 0 Å². The Hall–Kier alpha value is -1.85. The molecule has 6 nitrogen and oxygen atoms in total. The van der Waals surface area contributed by atoms with Gasteiger partial charge in [0.2, 0.25) is 0 Å². The lowest BCUT2D eigenvalue weighted by Crippen LogP contribution is -2.41. The van der Waals surface area contributed by atoms with E-state index in [2.05, 4.69) is 10.4 Å². The summed E-state index contributed by atoms with van der Waals surface area (Å²) in [4.78, 5) is 23.7. The molecule has 1 amide bonds. The largest absolute Gasteiger partial charge is 0.480 e. The number of rotatable bonds is 6. The highest BCUT2D eigenvalue weighted by molar-refractivity contribution is 5.95. The van der Waals surface area contributed by atoms with E-state index in [9.17, 15) is 14.7 Å². The quantitative estimate of drug-likeness (QED) is 0.844. The summed E-state index contributed by atoms with van der Waals surface area (Å²) in [6.45, 7) is 10.0. The van der Waals surface area contributed by atoms with Gasteiger partial charge in [-0.3, -0.25) is 9.48 Å². The summed E-state index contributed by atoms with van der Waals surface area (Å²) in [5.41, 5.74) is 1.16. The summed E-state index contributed by atoms with van der Waals surface area (Å²) < 4.78 is 1.90. The zero-order valence-corrected chi connectivity index (χ0v) is 14.6. The van der Waals surface area contributed by atoms with E-state index < -0.39 is 17.9 Å². The third-order valence-electron chi connectivity index (χ3n) is 3.91. The molecule has 2 rings (SSSR count). The third kappa shape index (κ3) is 4.33. The fourth-order valence-electron chi connectivity index (χ4n) is 2.64. The number of amides is 1. The Morgan fingerprint density at radius 1 is 1.39 bits per heavy atom. The average molecular weight is 321 g/mol. The maximum atomic E-state index is 12.4. The van der Waals surface area contributed by atoms with Crippen LogP contribution in [0.1, 0.15) is 76.0 Å². The first-order chi connectivity index (χ1) is 10.6.